The minimum Gasteiger partial charge on any atom is -0.496 e. The fourth-order valence-electron chi connectivity index (χ4n) is 4.03. The summed E-state index contributed by atoms with van der Waals surface area (Å²) in [5.74, 6) is 1.02. The van der Waals surface area contributed by atoms with Gasteiger partial charge in [0.2, 0.25) is 5.95 Å². The van der Waals surface area contributed by atoms with Crippen LogP contribution in [0.15, 0.2) is 12.4 Å². The molecule has 30 heavy (non-hydrogen) atoms. The quantitative estimate of drug-likeness (QED) is 0.561. The summed E-state index contributed by atoms with van der Waals surface area (Å²) in [6, 6.07) is 0.782. The van der Waals surface area contributed by atoms with E-state index in [0.29, 0.717) is 23.8 Å². The molecular weight excluding hydrogens is 400 g/mol. The molecule has 0 aromatic carbocycles. The van der Waals surface area contributed by atoms with Gasteiger partial charge in [-0.05, 0) is 47.1 Å². The molecule has 0 fully saturated rings. The third kappa shape index (κ3) is 4.23. The van der Waals surface area contributed by atoms with Crippen molar-refractivity contribution < 1.29 is 4.74 Å². The van der Waals surface area contributed by atoms with Crippen molar-refractivity contribution in [1.82, 2.24) is 24.4 Å². The van der Waals surface area contributed by atoms with Crippen LogP contribution in [0, 0.1) is 13.8 Å². The van der Waals surface area contributed by atoms with Crippen LogP contribution in [-0.4, -0.2) is 43.6 Å². The predicted octanol–water partition coefficient (Wildman–Crippen LogP) is 4.35. The van der Waals surface area contributed by atoms with Gasteiger partial charge in [-0.15, -0.1) is 0 Å². The number of halogens is 1. The van der Waals surface area contributed by atoms with E-state index >= 15 is 0 Å². The van der Waals surface area contributed by atoms with Crippen LogP contribution >= 0.6 is 11.6 Å². The van der Waals surface area contributed by atoms with Crippen molar-refractivity contribution in [2.75, 3.05) is 12.8 Å². The fourth-order valence-corrected chi connectivity index (χ4v) is 4.32. The number of ether oxygens (including phenoxy) is 1. The molecule has 3 aromatic rings. The van der Waals surface area contributed by atoms with Gasteiger partial charge < -0.3 is 15.0 Å². The molecular formula is C22H31ClN6O. The molecule has 0 atom stereocenters. The number of fused-ring (bicyclic) bond motifs is 1. The lowest BCUT2D eigenvalue weighted by Gasteiger charge is -2.30. The molecule has 0 aliphatic rings. The van der Waals surface area contributed by atoms with Crippen LogP contribution in [-0.2, 0) is 13.1 Å². The number of aryl methyl sites for hydroxylation is 1. The summed E-state index contributed by atoms with van der Waals surface area (Å²) in [5.41, 5.74) is 10.7. The van der Waals surface area contributed by atoms with Crippen molar-refractivity contribution in [2.45, 2.75) is 66.7 Å². The smallest absolute Gasteiger partial charge is 0.223 e. The van der Waals surface area contributed by atoms with Gasteiger partial charge in [-0.3, -0.25) is 9.88 Å². The van der Waals surface area contributed by atoms with Gasteiger partial charge in [0.15, 0.2) is 0 Å². The second-order valence-corrected chi connectivity index (χ2v) is 8.62. The van der Waals surface area contributed by atoms with Gasteiger partial charge in [0.1, 0.15) is 16.5 Å². The largest absolute Gasteiger partial charge is 0.496 e. The summed E-state index contributed by atoms with van der Waals surface area (Å²) in [6.07, 6.45) is 3.93. The summed E-state index contributed by atoms with van der Waals surface area (Å²) in [6.45, 7) is 14.1. The lowest BCUT2D eigenvalue weighted by Crippen LogP contribution is -2.36. The molecule has 3 rings (SSSR count). The lowest BCUT2D eigenvalue weighted by molar-refractivity contribution is 0.166. The van der Waals surface area contributed by atoms with E-state index in [4.69, 9.17) is 22.1 Å². The molecule has 0 radical (unpaired) electrons. The van der Waals surface area contributed by atoms with Crippen molar-refractivity contribution >= 4 is 28.6 Å². The number of nitrogen functional groups attached to an aromatic ring is 1. The summed E-state index contributed by atoms with van der Waals surface area (Å²) >= 11 is 6.53. The zero-order chi connectivity index (χ0) is 22.2. The van der Waals surface area contributed by atoms with E-state index in [1.165, 1.54) is 0 Å². The van der Waals surface area contributed by atoms with Gasteiger partial charge >= 0.3 is 0 Å². The number of nitrogens with two attached hydrogens (primary N) is 1. The fraction of sp³-hybridized carbons (Fsp3) is 0.500. The van der Waals surface area contributed by atoms with E-state index in [1.54, 1.807) is 7.11 Å². The maximum atomic E-state index is 6.53. The zero-order valence-electron chi connectivity index (χ0n) is 18.8. The van der Waals surface area contributed by atoms with E-state index in [2.05, 4.69) is 58.3 Å². The highest BCUT2D eigenvalue weighted by Gasteiger charge is 2.21. The summed E-state index contributed by atoms with van der Waals surface area (Å²) in [5, 5.41) is 1.22. The van der Waals surface area contributed by atoms with Crippen LogP contribution in [0.2, 0.25) is 5.15 Å². The summed E-state index contributed by atoms with van der Waals surface area (Å²) in [7, 11) is 1.68. The van der Waals surface area contributed by atoms with Crippen molar-refractivity contribution in [3.63, 3.8) is 0 Å². The number of hydrogen-bond acceptors (Lipinski definition) is 6. The Kier molecular flexibility index (Phi) is 6.53. The molecule has 2 N–H and O–H groups in total. The Morgan fingerprint density at radius 1 is 1.17 bits per heavy atom. The first kappa shape index (κ1) is 22.3. The molecule has 0 bridgehead atoms. The van der Waals surface area contributed by atoms with Gasteiger partial charge in [0.25, 0.3) is 0 Å². The first-order valence-electron chi connectivity index (χ1n) is 10.2. The molecule has 0 amide bonds. The highest BCUT2D eigenvalue weighted by atomic mass is 35.5. The van der Waals surface area contributed by atoms with Gasteiger partial charge in [0, 0.05) is 42.1 Å². The number of anilines is 1. The van der Waals surface area contributed by atoms with Crippen LogP contribution in [0.1, 0.15) is 50.1 Å². The third-order valence-electron chi connectivity index (χ3n) is 5.52. The van der Waals surface area contributed by atoms with Crippen molar-refractivity contribution in [3.8, 4) is 5.75 Å². The molecule has 0 saturated heterocycles. The molecule has 3 heterocycles. The SMILES string of the molecule is COc1c(C)cnc(Cn2cc(CN(C(C)C)C(C)C)c3c(Cl)nc(N)nc32)c1C. The molecule has 0 aliphatic heterocycles. The van der Waals surface area contributed by atoms with Gasteiger partial charge in [-0.1, -0.05) is 11.6 Å². The number of aromatic nitrogens is 4. The van der Waals surface area contributed by atoms with Crippen molar-refractivity contribution in [1.29, 1.82) is 0 Å². The Morgan fingerprint density at radius 3 is 2.43 bits per heavy atom. The molecule has 0 spiro atoms. The van der Waals surface area contributed by atoms with E-state index in [0.717, 1.165) is 45.7 Å². The molecule has 0 saturated carbocycles. The predicted molar refractivity (Wildman–Crippen MR) is 122 cm³/mol. The molecule has 3 aromatic heterocycles. The minimum absolute atomic E-state index is 0.161. The normalized spacial score (nSPS) is 12.0. The number of rotatable bonds is 7. The molecule has 0 aliphatic carbocycles. The zero-order valence-corrected chi connectivity index (χ0v) is 19.6. The van der Waals surface area contributed by atoms with E-state index in [1.807, 2.05) is 20.0 Å². The number of nitrogens with zero attached hydrogens (tertiary/aromatic N) is 5. The second-order valence-electron chi connectivity index (χ2n) is 8.26. The summed E-state index contributed by atoms with van der Waals surface area (Å²) < 4.78 is 7.62. The molecule has 8 heteroatoms. The van der Waals surface area contributed by atoms with Crippen molar-refractivity contribution in [3.05, 3.63) is 39.9 Å². The monoisotopic (exact) mass is 430 g/mol. The molecule has 0 unspecified atom stereocenters. The maximum Gasteiger partial charge on any atom is 0.223 e. The second kappa shape index (κ2) is 8.78. The van der Waals surface area contributed by atoms with Gasteiger partial charge in [-0.25, -0.2) is 4.98 Å². The third-order valence-corrected chi connectivity index (χ3v) is 5.79. The van der Waals surface area contributed by atoms with Crippen LogP contribution in [0.3, 0.4) is 0 Å². The Morgan fingerprint density at radius 2 is 1.83 bits per heavy atom. The van der Waals surface area contributed by atoms with Crippen molar-refractivity contribution in [2.24, 2.45) is 0 Å². The highest BCUT2D eigenvalue weighted by molar-refractivity contribution is 6.34. The minimum atomic E-state index is 0.161. The maximum absolute atomic E-state index is 6.53. The Hall–Kier alpha value is -2.38. The van der Waals surface area contributed by atoms with Gasteiger partial charge in [-0.2, -0.15) is 4.98 Å². The Balaban J connectivity index is 2.12. The van der Waals surface area contributed by atoms with Crippen LogP contribution in [0.25, 0.3) is 11.0 Å². The van der Waals surface area contributed by atoms with E-state index in [9.17, 15) is 0 Å². The average Bonchev–Trinajstić information content (AvgIpc) is 2.99. The topological polar surface area (TPSA) is 82.1 Å². The number of hydrogen-bond donors (Lipinski definition) is 1. The number of pyridine rings is 1. The highest BCUT2D eigenvalue weighted by Crippen LogP contribution is 2.31. The molecule has 162 valence electrons. The Bertz CT molecular complexity index is 1050. The first-order chi connectivity index (χ1) is 14.1. The first-order valence-corrected chi connectivity index (χ1v) is 10.6. The van der Waals surface area contributed by atoms with Gasteiger partial charge in [0.05, 0.1) is 24.7 Å². The summed E-state index contributed by atoms with van der Waals surface area (Å²) in [4.78, 5) is 15.8. The standard InChI is InChI=1S/C22H31ClN6O/c1-12(2)29(13(3)4)10-16-9-28(21-18(16)20(23)26-22(24)27-21)11-17-15(6)19(30-7)14(5)8-25-17/h8-9,12-13H,10-11H2,1-7H3,(H2,24,26,27). The van der Waals surface area contributed by atoms with E-state index < -0.39 is 0 Å². The lowest BCUT2D eigenvalue weighted by atomic mass is 10.1. The molecule has 7 nitrogen and oxygen atoms in total. The average molecular weight is 431 g/mol. The van der Waals surface area contributed by atoms with Crippen LogP contribution in [0.4, 0.5) is 5.95 Å². The van der Waals surface area contributed by atoms with Crippen LogP contribution < -0.4 is 10.5 Å². The van der Waals surface area contributed by atoms with E-state index in [-0.39, 0.29) is 5.95 Å². The number of methoxy groups -OCH3 is 1. The van der Waals surface area contributed by atoms with Crippen LogP contribution in [0.5, 0.6) is 5.75 Å². The Labute approximate surface area is 183 Å².